The lowest BCUT2D eigenvalue weighted by atomic mass is 10.2. The largest absolute Gasteiger partial charge is 0.493 e. The van der Waals surface area contributed by atoms with E-state index in [0.29, 0.717) is 18.8 Å². The van der Waals surface area contributed by atoms with Crippen LogP contribution in [0.5, 0.6) is 5.75 Å². The molecule has 0 radical (unpaired) electrons. The van der Waals surface area contributed by atoms with Gasteiger partial charge in [0.2, 0.25) is 0 Å². The summed E-state index contributed by atoms with van der Waals surface area (Å²) in [5.74, 6) is 0.825. The molecule has 1 N–H and O–H groups in total. The van der Waals surface area contributed by atoms with Gasteiger partial charge in [-0.05, 0) is 31.2 Å². The molecule has 1 saturated heterocycles. The Morgan fingerprint density at radius 2 is 2.19 bits per heavy atom. The molecule has 0 aromatic heterocycles. The van der Waals surface area contributed by atoms with Crippen LogP contribution in [-0.2, 0) is 4.74 Å². The number of nitrogens with one attached hydrogen (secondary N) is 1. The van der Waals surface area contributed by atoms with Gasteiger partial charge in [0.15, 0.2) is 0 Å². The molecular weight excluding hydrogens is 268 g/mol. The summed E-state index contributed by atoms with van der Waals surface area (Å²) in [5.41, 5.74) is 0.696. The summed E-state index contributed by atoms with van der Waals surface area (Å²) >= 11 is 0. The summed E-state index contributed by atoms with van der Waals surface area (Å²) in [6, 6.07) is 7.43. The van der Waals surface area contributed by atoms with E-state index in [1.807, 2.05) is 29.2 Å². The average molecular weight is 292 g/mol. The van der Waals surface area contributed by atoms with Crippen LogP contribution in [0.25, 0.3) is 0 Å². The Balaban J connectivity index is 1.93. The maximum atomic E-state index is 12.5. The predicted octanol–water partition coefficient (Wildman–Crippen LogP) is 1.54. The molecule has 1 aliphatic rings. The van der Waals surface area contributed by atoms with Gasteiger partial charge in [-0.1, -0.05) is 6.07 Å². The summed E-state index contributed by atoms with van der Waals surface area (Å²) in [6.07, 6.45) is 1.84. The smallest absolute Gasteiger partial charge is 0.254 e. The Labute approximate surface area is 126 Å². The number of hydrogen-bond acceptors (Lipinski definition) is 4. The molecule has 1 aliphatic heterocycles. The van der Waals surface area contributed by atoms with Crippen molar-refractivity contribution in [2.24, 2.45) is 0 Å². The molecule has 2 rings (SSSR count). The zero-order chi connectivity index (χ0) is 14.9. The van der Waals surface area contributed by atoms with Crippen LogP contribution in [0.3, 0.4) is 0 Å². The Morgan fingerprint density at radius 1 is 1.29 bits per heavy atom. The number of carbonyl (C=O) groups is 1. The van der Waals surface area contributed by atoms with Gasteiger partial charge in [-0.25, -0.2) is 0 Å². The van der Waals surface area contributed by atoms with Crippen LogP contribution in [0.15, 0.2) is 24.3 Å². The maximum Gasteiger partial charge on any atom is 0.254 e. The van der Waals surface area contributed by atoms with Crippen LogP contribution in [0.4, 0.5) is 0 Å². The van der Waals surface area contributed by atoms with Gasteiger partial charge in [0.1, 0.15) is 5.75 Å². The molecule has 0 spiro atoms. The van der Waals surface area contributed by atoms with Crippen LogP contribution >= 0.6 is 0 Å². The molecule has 116 valence electrons. The number of ether oxygens (including phenoxy) is 2. The first-order valence-electron chi connectivity index (χ1n) is 7.53. The van der Waals surface area contributed by atoms with Gasteiger partial charge in [-0.2, -0.15) is 0 Å². The zero-order valence-corrected chi connectivity index (χ0v) is 12.6. The summed E-state index contributed by atoms with van der Waals surface area (Å²) in [6.45, 7) is 4.69. The minimum Gasteiger partial charge on any atom is -0.493 e. The van der Waals surface area contributed by atoms with E-state index in [-0.39, 0.29) is 5.91 Å². The van der Waals surface area contributed by atoms with Gasteiger partial charge in [-0.3, -0.25) is 4.79 Å². The van der Waals surface area contributed by atoms with Crippen LogP contribution < -0.4 is 10.1 Å². The molecule has 1 fully saturated rings. The van der Waals surface area contributed by atoms with Crippen LogP contribution in [-0.4, -0.2) is 57.3 Å². The van der Waals surface area contributed by atoms with Crippen molar-refractivity contribution in [3.63, 3.8) is 0 Å². The SMILES string of the molecule is COCCCOc1cccc(C(=O)N2CCCNCC2)c1. The van der Waals surface area contributed by atoms with Gasteiger partial charge >= 0.3 is 0 Å². The monoisotopic (exact) mass is 292 g/mol. The molecule has 1 aromatic carbocycles. The summed E-state index contributed by atoms with van der Waals surface area (Å²) in [5, 5.41) is 3.30. The van der Waals surface area contributed by atoms with E-state index < -0.39 is 0 Å². The predicted molar refractivity (Wildman–Crippen MR) is 81.8 cm³/mol. The fraction of sp³-hybridized carbons (Fsp3) is 0.562. The van der Waals surface area contributed by atoms with Crippen molar-refractivity contribution >= 4 is 5.91 Å². The standard InChI is InChI=1S/C16H24N2O3/c1-20-11-4-12-21-15-6-2-5-14(13-15)16(19)18-9-3-7-17-8-10-18/h2,5-6,13,17H,3-4,7-12H2,1H3. The van der Waals surface area contributed by atoms with Crippen molar-refractivity contribution in [3.8, 4) is 5.75 Å². The zero-order valence-electron chi connectivity index (χ0n) is 12.6. The van der Waals surface area contributed by atoms with Crippen LogP contribution in [0.2, 0.25) is 0 Å². The molecule has 0 saturated carbocycles. The van der Waals surface area contributed by atoms with Gasteiger partial charge in [0, 0.05) is 45.3 Å². The van der Waals surface area contributed by atoms with Crippen molar-refractivity contribution < 1.29 is 14.3 Å². The number of nitrogens with zero attached hydrogens (tertiary/aromatic N) is 1. The van der Waals surface area contributed by atoms with Crippen molar-refractivity contribution in [2.45, 2.75) is 12.8 Å². The lowest BCUT2D eigenvalue weighted by molar-refractivity contribution is 0.0766. The average Bonchev–Trinajstić information content (AvgIpc) is 2.80. The van der Waals surface area contributed by atoms with Crippen LogP contribution in [0.1, 0.15) is 23.2 Å². The number of hydrogen-bond donors (Lipinski definition) is 1. The lowest BCUT2D eigenvalue weighted by Gasteiger charge is -2.20. The molecule has 1 aromatic rings. The topological polar surface area (TPSA) is 50.8 Å². The third kappa shape index (κ3) is 5.02. The first-order valence-corrected chi connectivity index (χ1v) is 7.53. The van der Waals surface area contributed by atoms with E-state index in [4.69, 9.17) is 9.47 Å². The Morgan fingerprint density at radius 3 is 3.05 bits per heavy atom. The Bertz CT molecular complexity index is 443. The highest BCUT2D eigenvalue weighted by Crippen LogP contribution is 2.16. The molecule has 0 unspecified atom stereocenters. The van der Waals surface area contributed by atoms with E-state index in [9.17, 15) is 4.79 Å². The van der Waals surface area contributed by atoms with Crippen molar-refractivity contribution in [3.05, 3.63) is 29.8 Å². The molecule has 5 nitrogen and oxygen atoms in total. The minimum absolute atomic E-state index is 0.0843. The highest BCUT2D eigenvalue weighted by molar-refractivity contribution is 5.94. The van der Waals surface area contributed by atoms with Gasteiger partial charge < -0.3 is 19.7 Å². The van der Waals surface area contributed by atoms with E-state index in [1.54, 1.807) is 7.11 Å². The second kappa shape index (κ2) is 8.64. The van der Waals surface area contributed by atoms with Gasteiger partial charge in [0.25, 0.3) is 5.91 Å². The second-order valence-electron chi connectivity index (χ2n) is 5.12. The minimum atomic E-state index is 0.0843. The molecule has 0 atom stereocenters. The van der Waals surface area contributed by atoms with E-state index in [1.165, 1.54) is 0 Å². The van der Waals surface area contributed by atoms with Crippen molar-refractivity contribution in [2.75, 3.05) is 46.5 Å². The number of methoxy groups -OCH3 is 1. The van der Waals surface area contributed by atoms with Crippen LogP contribution in [0, 0.1) is 0 Å². The molecule has 1 heterocycles. The summed E-state index contributed by atoms with van der Waals surface area (Å²) in [4.78, 5) is 14.4. The van der Waals surface area contributed by atoms with E-state index in [0.717, 1.165) is 44.8 Å². The molecule has 5 heteroatoms. The number of rotatable bonds is 6. The lowest BCUT2D eigenvalue weighted by Crippen LogP contribution is -2.34. The fourth-order valence-electron chi connectivity index (χ4n) is 2.34. The molecule has 0 bridgehead atoms. The molecule has 0 aliphatic carbocycles. The second-order valence-corrected chi connectivity index (χ2v) is 5.12. The number of benzene rings is 1. The fourth-order valence-corrected chi connectivity index (χ4v) is 2.34. The quantitative estimate of drug-likeness (QED) is 0.808. The van der Waals surface area contributed by atoms with Gasteiger partial charge in [-0.15, -0.1) is 0 Å². The first kappa shape index (κ1) is 15.8. The van der Waals surface area contributed by atoms with Crippen molar-refractivity contribution in [1.29, 1.82) is 0 Å². The summed E-state index contributed by atoms with van der Waals surface area (Å²) in [7, 11) is 1.68. The number of carbonyl (C=O) groups excluding carboxylic acids is 1. The Hall–Kier alpha value is -1.59. The third-order valence-electron chi connectivity index (χ3n) is 3.47. The van der Waals surface area contributed by atoms with Crippen molar-refractivity contribution in [1.82, 2.24) is 10.2 Å². The highest BCUT2D eigenvalue weighted by atomic mass is 16.5. The maximum absolute atomic E-state index is 12.5. The molecule has 21 heavy (non-hydrogen) atoms. The third-order valence-corrected chi connectivity index (χ3v) is 3.47. The summed E-state index contributed by atoms with van der Waals surface area (Å²) < 4.78 is 10.6. The highest BCUT2D eigenvalue weighted by Gasteiger charge is 2.17. The first-order chi connectivity index (χ1) is 10.3. The molecular formula is C16H24N2O3. The normalized spacial score (nSPS) is 15.6. The van der Waals surface area contributed by atoms with E-state index >= 15 is 0 Å². The number of amides is 1. The van der Waals surface area contributed by atoms with Gasteiger partial charge in [0.05, 0.1) is 6.61 Å². The van der Waals surface area contributed by atoms with E-state index in [2.05, 4.69) is 5.32 Å². The Kier molecular flexibility index (Phi) is 6.50. The molecule has 1 amide bonds.